The van der Waals surface area contributed by atoms with Crippen LogP contribution in [0.2, 0.25) is 0 Å². The van der Waals surface area contributed by atoms with E-state index in [0.717, 1.165) is 16.7 Å². The molecule has 18 heavy (non-hydrogen) atoms. The van der Waals surface area contributed by atoms with E-state index in [1.54, 1.807) is 0 Å². The second-order valence-corrected chi connectivity index (χ2v) is 3.94. The predicted octanol–water partition coefficient (Wildman–Crippen LogP) is 3.44. The summed E-state index contributed by atoms with van der Waals surface area (Å²) in [4.78, 5) is 0. The topological polar surface area (TPSA) is 9.23 Å². The van der Waals surface area contributed by atoms with Gasteiger partial charge in [0.25, 0.3) is 0 Å². The highest BCUT2D eigenvalue weighted by Gasteiger charge is 1.91. The third-order valence-corrected chi connectivity index (χ3v) is 2.53. The van der Waals surface area contributed by atoms with Crippen LogP contribution < -0.4 is 0 Å². The summed E-state index contributed by atoms with van der Waals surface area (Å²) in [6, 6.07) is 17.9. The van der Waals surface area contributed by atoms with Crippen molar-refractivity contribution in [2.45, 2.75) is 6.61 Å². The molecule has 1 radical (unpaired) electrons. The van der Waals surface area contributed by atoms with E-state index in [4.69, 9.17) is 4.74 Å². The average Bonchev–Trinajstić information content (AvgIpc) is 2.42. The number of rotatable bonds is 3. The summed E-state index contributed by atoms with van der Waals surface area (Å²) in [6.07, 6.45) is 0. The Labute approximate surface area is 108 Å². The van der Waals surface area contributed by atoms with Gasteiger partial charge in [0.1, 0.15) is 6.61 Å². The molecule has 2 aromatic carbocycles. The number of hydrogen-bond donors (Lipinski definition) is 0. The highest BCUT2D eigenvalue weighted by molar-refractivity contribution is 5.42. The fourth-order valence-electron chi connectivity index (χ4n) is 1.57. The maximum absolute atomic E-state index is 5.49. The Morgan fingerprint density at radius 2 is 1.67 bits per heavy atom. The Bertz CT molecular complexity index is 547. The quantitative estimate of drug-likeness (QED) is 0.585. The standard InChI is InChI=1S/C17H15O/c1-15-8-5-6-11-17(15)12-7-13-18-14-16-9-3-2-4-10-16/h2-6,8-11H,1,13-14H2. The number of ether oxygens (including phenoxy) is 1. The third kappa shape index (κ3) is 3.76. The molecule has 0 unspecified atom stereocenters. The summed E-state index contributed by atoms with van der Waals surface area (Å²) in [5.41, 5.74) is 3.07. The second kappa shape index (κ2) is 6.64. The Balaban J connectivity index is 1.82. The fraction of sp³-hybridized carbons (Fsp3) is 0.118. The van der Waals surface area contributed by atoms with Gasteiger partial charge in [-0.05, 0) is 24.1 Å². The van der Waals surface area contributed by atoms with E-state index in [1.165, 1.54) is 0 Å². The molecule has 2 rings (SSSR count). The first-order chi connectivity index (χ1) is 8.86. The lowest BCUT2D eigenvalue weighted by Crippen LogP contribution is -1.92. The van der Waals surface area contributed by atoms with Gasteiger partial charge in [0, 0.05) is 5.56 Å². The monoisotopic (exact) mass is 235 g/mol. The lowest BCUT2D eigenvalue weighted by atomic mass is 10.1. The minimum absolute atomic E-state index is 0.434. The van der Waals surface area contributed by atoms with Crippen LogP contribution in [-0.4, -0.2) is 6.61 Å². The van der Waals surface area contributed by atoms with Gasteiger partial charge < -0.3 is 4.74 Å². The van der Waals surface area contributed by atoms with Crippen LogP contribution in [0.1, 0.15) is 16.7 Å². The molecule has 0 amide bonds. The molecule has 89 valence electrons. The largest absolute Gasteiger partial charge is 0.364 e. The normalized spacial score (nSPS) is 9.61. The number of benzene rings is 2. The van der Waals surface area contributed by atoms with E-state index in [-0.39, 0.29) is 0 Å². The first kappa shape index (κ1) is 12.4. The zero-order valence-electron chi connectivity index (χ0n) is 10.2. The van der Waals surface area contributed by atoms with E-state index in [0.29, 0.717) is 13.2 Å². The van der Waals surface area contributed by atoms with Crippen molar-refractivity contribution in [1.82, 2.24) is 0 Å². The van der Waals surface area contributed by atoms with Gasteiger partial charge in [-0.1, -0.05) is 60.4 Å². The summed E-state index contributed by atoms with van der Waals surface area (Å²) in [5.74, 6) is 6.06. The van der Waals surface area contributed by atoms with Gasteiger partial charge in [-0.15, -0.1) is 0 Å². The minimum atomic E-state index is 0.434. The van der Waals surface area contributed by atoms with Gasteiger partial charge in [-0.3, -0.25) is 0 Å². The molecule has 0 spiro atoms. The summed E-state index contributed by atoms with van der Waals surface area (Å²) in [6.45, 7) is 4.96. The smallest absolute Gasteiger partial charge is 0.108 e. The van der Waals surface area contributed by atoms with Crippen molar-refractivity contribution in [1.29, 1.82) is 0 Å². The van der Waals surface area contributed by atoms with Gasteiger partial charge in [-0.25, -0.2) is 0 Å². The first-order valence-electron chi connectivity index (χ1n) is 5.88. The molecule has 1 heteroatoms. The molecule has 0 atom stereocenters. The lowest BCUT2D eigenvalue weighted by molar-refractivity contribution is 0.153. The van der Waals surface area contributed by atoms with E-state index in [1.807, 2.05) is 54.6 Å². The summed E-state index contributed by atoms with van der Waals surface area (Å²) < 4.78 is 5.49. The second-order valence-electron chi connectivity index (χ2n) is 3.94. The molecule has 0 saturated heterocycles. The van der Waals surface area contributed by atoms with Crippen molar-refractivity contribution in [3.8, 4) is 11.8 Å². The summed E-state index contributed by atoms with van der Waals surface area (Å²) >= 11 is 0. The van der Waals surface area contributed by atoms with E-state index < -0.39 is 0 Å². The van der Waals surface area contributed by atoms with Crippen LogP contribution in [0.15, 0.2) is 54.6 Å². The molecular formula is C17H15O. The predicted molar refractivity (Wildman–Crippen MR) is 73.9 cm³/mol. The summed E-state index contributed by atoms with van der Waals surface area (Å²) in [5, 5.41) is 0. The molecule has 1 nitrogen and oxygen atoms in total. The Hall–Kier alpha value is -2.04. The first-order valence-corrected chi connectivity index (χ1v) is 5.88. The minimum Gasteiger partial charge on any atom is -0.364 e. The maximum atomic E-state index is 5.49. The van der Waals surface area contributed by atoms with Crippen LogP contribution in [0.25, 0.3) is 0 Å². The average molecular weight is 235 g/mol. The van der Waals surface area contributed by atoms with Gasteiger partial charge in [0.15, 0.2) is 0 Å². The molecule has 0 bridgehead atoms. The van der Waals surface area contributed by atoms with Crippen molar-refractivity contribution in [2.75, 3.05) is 6.61 Å². The van der Waals surface area contributed by atoms with Crippen LogP contribution in [-0.2, 0) is 11.3 Å². The van der Waals surface area contributed by atoms with E-state index >= 15 is 0 Å². The molecule has 0 aliphatic rings. The van der Waals surface area contributed by atoms with Crippen molar-refractivity contribution in [3.05, 3.63) is 78.2 Å². The zero-order chi connectivity index (χ0) is 12.6. The van der Waals surface area contributed by atoms with Crippen LogP contribution >= 0.6 is 0 Å². The van der Waals surface area contributed by atoms with Crippen LogP contribution in [0.5, 0.6) is 0 Å². The Morgan fingerprint density at radius 1 is 0.944 bits per heavy atom. The third-order valence-electron chi connectivity index (χ3n) is 2.53. The highest BCUT2D eigenvalue weighted by atomic mass is 16.5. The lowest BCUT2D eigenvalue weighted by Gasteiger charge is -1.99. The van der Waals surface area contributed by atoms with Crippen molar-refractivity contribution in [2.24, 2.45) is 0 Å². The van der Waals surface area contributed by atoms with Gasteiger partial charge in [0.05, 0.1) is 6.61 Å². The molecule has 0 saturated carbocycles. The Morgan fingerprint density at radius 3 is 2.44 bits per heavy atom. The molecule has 0 N–H and O–H groups in total. The van der Waals surface area contributed by atoms with Crippen LogP contribution in [0.4, 0.5) is 0 Å². The van der Waals surface area contributed by atoms with Crippen LogP contribution in [0, 0.1) is 18.8 Å². The van der Waals surface area contributed by atoms with Crippen molar-refractivity contribution < 1.29 is 4.74 Å². The van der Waals surface area contributed by atoms with Gasteiger partial charge >= 0.3 is 0 Å². The van der Waals surface area contributed by atoms with Crippen molar-refractivity contribution in [3.63, 3.8) is 0 Å². The molecule has 2 aromatic rings. The van der Waals surface area contributed by atoms with E-state index in [2.05, 4.69) is 18.8 Å². The maximum Gasteiger partial charge on any atom is 0.108 e. The molecular weight excluding hydrogens is 220 g/mol. The number of hydrogen-bond acceptors (Lipinski definition) is 1. The molecule has 0 fully saturated rings. The molecule has 0 aliphatic heterocycles. The van der Waals surface area contributed by atoms with Crippen molar-refractivity contribution >= 4 is 0 Å². The Kier molecular flexibility index (Phi) is 4.58. The highest BCUT2D eigenvalue weighted by Crippen LogP contribution is 2.04. The molecule has 0 aromatic heterocycles. The van der Waals surface area contributed by atoms with Gasteiger partial charge in [0.2, 0.25) is 0 Å². The van der Waals surface area contributed by atoms with Gasteiger partial charge in [-0.2, -0.15) is 0 Å². The summed E-state index contributed by atoms with van der Waals surface area (Å²) in [7, 11) is 0. The SMILES string of the molecule is [CH2]c1ccccc1C#CCOCc1ccccc1. The fourth-order valence-corrected chi connectivity index (χ4v) is 1.57. The zero-order valence-corrected chi connectivity index (χ0v) is 10.2. The molecule has 0 heterocycles. The van der Waals surface area contributed by atoms with Crippen LogP contribution in [0.3, 0.4) is 0 Å². The molecule has 0 aliphatic carbocycles. The van der Waals surface area contributed by atoms with E-state index in [9.17, 15) is 0 Å².